The third-order valence-electron chi connectivity index (χ3n) is 3.93. The summed E-state index contributed by atoms with van der Waals surface area (Å²) in [5, 5.41) is 0. The molecule has 0 radical (unpaired) electrons. The van der Waals surface area contributed by atoms with Crippen LogP contribution < -0.4 is 0 Å². The molecule has 0 saturated carbocycles. The normalized spacial score (nSPS) is 10.8. The topological polar surface area (TPSA) is 22.0 Å². The van der Waals surface area contributed by atoms with Crippen molar-refractivity contribution in [2.75, 3.05) is 5.75 Å². The number of ketones is 1. The molecule has 24 heavy (non-hydrogen) atoms. The van der Waals surface area contributed by atoms with Crippen LogP contribution in [0.1, 0.15) is 21.7 Å². The van der Waals surface area contributed by atoms with Crippen molar-refractivity contribution >= 4 is 17.5 Å². The van der Waals surface area contributed by atoms with Crippen molar-refractivity contribution in [2.24, 2.45) is 0 Å². The molecule has 0 amide bonds. The number of aromatic nitrogens is 1. The Morgan fingerprint density at radius 2 is 1.71 bits per heavy atom. The number of hydrogen-bond donors (Lipinski definition) is 0. The summed E-state index contributed by atoms with van der Waals surface area (Å²) in [6, 6.07) is 18.1. The minimum atomic E-state index is -0.267. The number of benzene rings is 2. The number of carbonyl (C=O) groups is 1. The van der Waals surface area contributed by atoms with Crippen LogP contribution in [0.4, 0.5) is 4.39 Å². The minimum Gasteiger partial charge on any atom is -0.318 e. The summed E-state index contributed by atoms with van der Waals surface area (Å²) >= 11 is 1.54. The molecule has 0 aliphatic carbocycles. The third-order valence-corrected chi connectivity index (χ3v) is 4.94. The molecule has 1 heterocycles. The first-order valence-electron chi connectivity index (χ1n) is 7.72. The van der Waals surface area contributed by atoms with E-state index in [1.54, 1.807) is 12.1 Å². The molecule has 2 aromatic carbocycles. The minimum absolute atomic E-state index is 0.102. The molecular weight excluding hydrogens is 321 g/mol. The summed E-state index contributed by atoms with van der Waals surface area (Å²) in [5.41, 5.74) is 3.44. The second-order valence-electron chi connectivity index (χ2n) is 5.62. The fourth-order valence-electron chi connectivity index (χ4n) is 2.78. The van der Waals surface area contributed by atoms with Crippen molar-refractivity contribution in [3.8, 4) is 5.69 Å². The van der Waals surface area contributed by atoms with E-state index in [0.29, 0.717) is 5.75 Å². The predicted octanol–water partition coefficient (Wildman–Crippen LogP) is 5.21. The molecular formula is C20H18FNOS. The maximum absolute atomic E-state index is 13.1. The second kappa shape index (κ2) is 7.05. The monoisotopic (exact) mass is 339 g/mol. The van der Waals surface area contributed by atoms with Gasteiger partial charge in [0.2, 0.25) is 0 Å². The number of halogens is 1. The number of hydrogen-bond acceptors (Lipinski definition) is 2. The summed E-state index contributed by atoms with van der Waals surface area (Å²) in [6.45, 7) is 3.88. The molecule has 0 aliphatic rings. The van der Waals surface area contributed by atoms with E-state index in [1.807, 2.05) is 54.8 Å². The lowest BCUT2D eigenvalue weighted by Crippen LogP contribution is -2.05. The van der Waals surface area contributed by atoms with Crippen molar-refractivity contribution < 1.29 is 9.18 Å². The number of thioether (sulfide) groups is 1. The number of rotatable bonds is 5. The fraction of sp³-hybridized carbons (Fsp3) is 0.150. The van der Waals surface area contributed by atoms with Crippen LogP contribution in [0.25, 0.3) is 5.69 Å². The summed E-state index contributed by atoms with van der Waals surface area (Å²) in [5.74, 6) is 0.236. The van der Waals surface area contributed by atoms with Gasteiger partial charge in [-0.15, -0.1) is 11.8 Å². The van der Waals surface area contributed by atoms with Gasteiger partial charge in [-0.05, 0) is 56.3 Å². The molecule has 4 heteroatoms. The van der Waals surface area contributed by atoms with Crippen LogP contribution in [0.3, 0.4) is 0 Å². The van der Waals surface area contributed by atoms with Crippen LogP contribution in [0.2, 0.25) is 0 Å². The molecule has 0 aliphatic heterocycles. The predicted molar refractivity (Wildman–Crippen MR) is 96.7 cm³/mol. The van der Waals surface area contributed by atoms with Gasteiger partial charge >= 0.3 is 0 Å². The standard InChI is InChI=1S/C20H18FNOS/c1-14-12-19(20(23)13-24-18-6-4-3-5-7-18)15(2)22(14)17-10-8-16(21)9-11-17/h3-12H,13H2,1-2H3. The molecule has 0 N–H and O–H groups in total. The zero-order valence-corrected chi connectivity index (χ0v) is 14.4. The van der Waals surface area contributed by atoms with Crippen LogP contribution in [0.5, 0.6) is 0 Å². The quantitative estimate of drug-likeness (QED) is 0.470. The lowest BCUT2D eigenvalue weighted by molar-refractivity contribution is 0.102. The van der Waals surface area contributed by atoms with Crippen LogP contribution in [0.15, 0.2) is 65.6 Å². The Hall–Kier alpha value is -2.33. The van der Waals surface area contributed by atoms with Gasteiger partial charge in [-0.3, -0.25) is 4.79 Å². The Morgan fingerprint density at radius 3 is 2.38 bits per heavy atom. The SMILES string of the molecule is Cc1cc(C(=O)CSc2ccccc2)c(C)n1-c1ccc(F)cc1. The van der Waals surface area contributed by atoms with Gasteiger partial charge in [0.1, 0.15) is 5.82 Å². The Balaban J connectivity index is 1.83. The van der Waals surface area contributed by atoms with E-state index < -0.39 is 0 Å². The summed E-state index contributed by atoms with van der Waals surface area (Å²) in [4.78, 5) is 13.7. The number of aryl methyl sites for hydroxylation is 1. The third kappa shape index (κ3) is 3.44. The van der Waals surface area contributed by atoms with E-state index in [-0.39, 0.29) is 11.6 Å². The molecule has 2 nitrogen and oxygen atoms in total. The van der Waals surface area contributed by atoms with Gasteiger partial charge in [0.05, 0.1) is 5.75 Å². The number of Topliss-reactive ketones (excluding diaryl/α,β-unsaturated/α-hetero) is 1. The Kier molecular flexibility index (Phi) is 4.86. The molecule has 3 rings (SSSR count). The van der Waals surface area contributed by atoms with Crippen molar-refractivity contribution in [3.05, 3.63) is 83.4 Å². The van der Waals surface area contributed by atoms with Crippen LogP contribution in [-0.2, 0) is 0 Å². The van der Waals surface area contributed by atoms with Gasteiger partial charge in [0, 0.05) is 27.5 Å². The van der Waals surface area contributed by atoms with Gasteiger partial charge < -0.3 is 4.57 Å². The first-order chi connectivity index (χ1) is 11.6. The van der Waals surface area contributed by atoms with Crippen LogP contribution >= 0.6 is 11.8 Å². The fourth-order valence-corrected chi connectivity index (χ4v) is 3.58. The van der Waals surface area contributed by atoms with Crippen LogP contribution in [0, 0.1) is 19.7 Å². The van der Waals surface area contributed by atoms with E-state index in [1.165, 1.54) is 23.9 Å². The Morgan fingerprint density at radius 1 is 1.04 bits per heavy atom. The Bertz CT molecular complexity index is 853. The van der Waals surface area contributed by atoms with E-state index in [0.717, 1.165) is 27.5 Å². The maximum atomic E-state index is 13.1. The zero-order valence-electron chi connectivity index (χ0n) is 13.6. The highest BCUT2D eigenvalue weighted by atomic mass is 32.2. The smallest absolute Gasteiger partial charge is 0.174 e. The van der Waals surface area contributed by atoms with Crippen molar-refractivity contribution in [2.45, 2.75) is 18.7 Å². The number of nitrogens with zero attached hydrogens (tertiary/aromatic N) is 1. The van der Waals surface area contributed by atoms with E-state index in [4.69, 9.17) is 0 Å². The Labute approximate surface area is 145 Å². The molecule has 0 fully saturated rings. The first kappa shape index (κ1) is 16.5. The summed E-state index contributed by atoms with van der Waals surface area (Å²) in [7, 11) is 0. The van der Waals surface area contributed by atoms with Crippen molar-refractivity contribution in [3.63, 3.8) is 0 Å². The largest absolute Gasteiger partial charge is 0.318 e. The molecule has 3 aromatic rings. The summed E-state index contributed by atoms with van der Waals surface area (Å²) in [6.07, 6.45) is 0. The van der Waals surface area contributed by atoms with E-state index in [2.05, 4.69) is 0 Å². The maximum Gasteiger partial charge on any atom is 0.174 e. The van der Waals surface area contributed by atoms with Crippen molar-refractivity contribution in [1.29, 1.82) is 0 Å². The van der Waals surface area contributed by atoms with Gasteiger partial charge in [-0.1, -0.05) is 18.2 Å². The van der Waals surface area contributed by atoms with E-state index >= 15 is 0 Å². The van der Waals surface area contributed by atoms with Gasteiger partial charge in [0.15, 0.2) is 5.78 Å². The molecule has 122 valence electrons. The first-order valence-corrected chi connectivity index (χ1v) is 8.71. The average Bonchev–Trinajstić information content (AvgIpc) is 2.89. The molecule has 0 atom stereocenters. The molecule has 0 unspecified atom stereocenters. The van der Waals surface area contributed by atoms with Crippen LogP contribution in [-0.4, -0.2) is 16.1 Å². The zero-order chi connectivity index (χ0) is 17.1. The molecule has 1 aromatic heterocycles. The highest BCUT2D eigenvalue weighted by molar-refractivity contribution is 8.00. The van der Waals surface area contributed by atoms with Gasteiger partial charge in [-0.25, -0.2) is 4.39 Å². The highest BCUT2D eigenvalue weighted by Crippen LogP contribution is 2.24. The van der Waals surface area contributed by atoms with Gasteiger partial charge in [-0.2, -0.15) is 0 Å². The lowest BCUT2D eigenvalue weighted by Gasteiger charge is -2.09. The number of carbonyl (C=O) groups excluding carboxylic acids is 1. The average molecular weight is 339 g/mol. The molecule has 0 spiro atoms. The molecule has 0 saturated heterocycles. The van der Waals surface area contributed by atoms with Gasteiger partial charge in [0.25, 0.3) is 0 Å². The molecule has 0 bridgehead atoms. The van der Waals surface area contributed by atoms with Crippen molar-refractivity contribution in [1.82, 2.24) is 4.57 Å². The van der Waals surface area contributed by atoms with E-state index in [9.17, 15) is 9.18 Å². The second-order valence-corrected chi connectivity index (χ2v) is 6.67. The highest BCUT2D eigenvalue weighted by Gasteiger charge is 2.16. The lowest BCUT2D eigenvalue weighted by atomic mass is 10.2. The summed E-state index contributed by atoms with van der Waals surface area (Å²) < 4.78 is 15.1.